The van der Waals surface area contributed by atoms with Crippen LogP contribution in [0, 0.1) is 0 Å². The van der Waals surface area contributed by atoms with Crippen molar-refractivity contribution in [1.29, 1.82) is 0 Å². The lowest BCUT2D eigenvalue weighted by atomic mass is 9.90. The number of allylic oxidation sites excluding steroid dienone is 6. The molecule has 0 aromatic heterocycles. The van der Waals surface area contributed by atoms with Crippen LogP contribution in [0.25, 0.3) is 16.3 Å². The molecule has 3 nitrogen and oxygen atoms in total. The van der Waals surface area contributed by atoms with Crippen molar-refractivity contribution in [2.45, 2.75) is 13.0 Å². The van der Waals surface area contributed by atoms with Gasteiger partial charge in [-0.15, -0.1) is 0 Å². The summed E-state index contributed by atoms with van der Waals surface area (Å²) in [5.74, 6) is 1.47. The second-order valence-corrected chi connectivity index (χ2v) is 11.4. The van der Waals surface area contributed by atoms with Crippen molar-refractivity contribution in [3.63, 3.8) is 0 Å². The van der Waals surface area contributed by atoms with E-state index in [2.05, 4.69) is 146 Å². The zero-order chi connectivity index (χ0) is 31.5. The Kier molecular flexibility index (Phi) is 7.89. The van der Waals surface area contributed by atoms with Gasteiger partial charge in [0.25, 0.3) is 0 Å². The number of hydrogen-bond acceptors (Lipinski definition) is 3. The molecule has 1 unspecified atom stereocenters. The summed E-state index contributed by atoms with van der Waals surface area (Å²) in [6, 6.07) is 41.8. The van der Waals surface area contributed by atoms with Crippen LogP contribution in [0.2, 0.25) is 0 Å². The van der Waals surface area contributed by atoms with Gasteiger partial charge < -0.3 is 9.64 Å². The number of aliphatic imine (C=N–C) groups is 1. The zero-order valence-corrected chi connectivity index (χ0v) is 25.8. The molecule has 2 aliphatic heterocycles. The van der Waals surface area contributed by atoms with Gasteiger partial charge in [-0.1, -0.05) is 122 Å². The standard InChI is InChI=1S/C43H34N2O/c1-30-31(2)40-21-13-29-45(28-12-20-38(30)42-39-19-11-10-16-34(39)24-27-41(42)46-40)37-25-22-36(23-26-37)43(35-17-8-5-9-18-35)44-32(3)33-14-6-4-7-15-33/h4-29,43H,1-2H2,3H3. The Morgan fingerprint density at radius 1 is 0.674 bits per heavy atom. The molecule has 46 heavy (non-hydrogen) atoms. The van der Waals surface area contributed by atoms with Gasteiger partial charge in [0, 0.05) is 34.9 Å². The third-order valence-electron chi connectivity index (χ3n) is 8.51. The summed E-state index contributed by atoms with van der Waals surface area (Å²) >= 11 is 0. The first-order chi connectivity index (χ1) is 22.6. The summed E-state index contributed by atoms with van der Waals surface area (Å²) < 4.78 is 6.49. The fourth-order valence-corrected chi connectivity index (χ4v) is 6.01. The second-order valence-electron chi connectivity index (χ2n) is 11.4. The third-order valence-corrected chi connectivity index (χ3v) is 8.51. The van der Waals surface area contributed by atoms with Crippen LogP contribution in [-0.2, 0) is 0 Å². The van der Waals surface area contributed by atoms with Crippen molar-refractivity contribution in [3.05, 3.63) is 210 Å². The minimum absolute atomic E-state index is 0.123. The number of fused-ring (bicyclic) bond motifs is 7. The molecule has 2 aliphatic rings. The largest absolute Gasteiger partial charge is 0.456 e. The van der Waals surface area contributed by atoms with Gasteiger partial charge in [0.2, 0.25) is 0 Å². The van der Waals surface area contributed by atoms with Gasteiger partial charge in [0.1, 0.15) is 17.6 Å². The highest BCUT2D eigenvalue weighted by Crippen LogP contribution is 2.44. The predicted molar refractivity (Wildman–Crippen MR) is 193 cm³/mol. The molecule has 2 bridgehead atoms. The van der Waals surface area contributed by atoms with E-state index in [0.29, 0.717) is 5.76 Å². The van der Waals surface area contributed by atoms with Crippen LogP contribution < -0.4 is 9.64 Å². The van der Waals surface area contributed by atoms with Crippen molar-refractivity contribution in [2.24, 2.45) is 4.99 Å². The lowest BCUT2D eigenvalue weighted by Crippen LogP contribution is -2.08. The van der Waals surface area contributed by atoms with Gasteiger partial charge >= 0.3 is 0 Å². The molecule has 2 heterocycles. The van der Waals surface area contributed by atoms with Gasteiger partial charge in [-0.25, -0.2) is 0 Å². The lowest BCUT2D eigenvalue weighted by molar-refractivity contribution is 0.441. The van der Waals surface area contributed by atoms with E-state index in [1.54, 1.807) is 0 Å². The highest BCUT2D eigenvalue weighted by Gasteiger charge is 2.24. The average molecular weight is 595 g/mol. The molecular weight excluding hydrogens is 560 g/mol. The van der Waals surface area contributed by atoms with Crippen LogP contribution in [0.1, 0.15) is 35.2 Å². The van der Waals surface area contributed by atoms with Crippen LogP contribution in [0.15, 0.2) is 193 Å². The van der Waals surface area contributed by atoms with E-state index >= 15 is 0 Å². The summed E-state index contributed by atoms with van der Waals surface area (Å²) in [7, 11) is 0. The van der Waals surface area contributed by atoms with Gasteiger partial charge in [0.05, 0.1) is 0 Å². The molecule has 3 heteroatoms. The van der Waals surface area contributed by atoms with E-state index in [0.717, 1.165) is 66.9 Å². The number of ether oxygens (including phenoxy) is 1. The molecule has 222 valence electrons. The minimum atomic E-state index is -0.123. The molecule has 0 amide bonds. The van der Waals surface area contributed by atoms with Crippen molar-refractivity contribution in [3.8, 4) is 5.75 Å². The van der Waals surface area contributed by atoms with Gasteiger partial charge in [-0.2, -0.15) is 0 Å². The molecule has 1 atom stereocenters. The highest BCUT2D eigenvalue weighted by atomic mass is 16.5. The smallest absolute Gasteiger partial charge is 0.135 e. The van der Waals surface area contributed by atoms with Crippen molar-refractivity contribution < 1.29 is 4.74 Å². The molecule has 0 aliphatic carbocycles. The van der Waals surface area contributed by atoms with Crippen molar-refractivity contribution in [2.75, 3.05) is 4.90 Å². The molecule has 0 spiro atoms. The Morgan fingerprint density at radius 2 is 1.33 bits per heavy atom. The van der Waals surface area contributed by atoms with E-state index in [1.807, 2.05) is 36.6 Å². The molecule has 5 aromatic rings. The van der Waals surface area contributed by atoms with E-state index in [4.69, 9.17) is 9.73 Å². The van der Waals surface area contributed by atoms with Crippen LogP contribution in [-0.4, -0.2) is 5.71 Å². The summed E-state index contributed by atoms with van der Waals surface area (Å²) in [5.41, 5.74) is 9.05. The normalized spacial score (nSPS) is 15.4. The number of anilines is 1. The van der Waals surface area contributed by atoms with Crippen LogP contribution >= 0.6 is 0 Å². The van der Waals surface area contributed by atoms with Gasteiger partial charge in [-0.05, 0) is 82.0 Å². The molecule has 0 saturated carbocycles. The zero-order valence-electron chi connectivity index (χ0n) is 25.8. The highest BCUT2D eigenvalue weighted by molar-refractivity contribution is 6.02. The minimum Gasteiger partial charge on any atom is -0.456 e. The summed E-state index contributed by atoms with van der Waals surface area (Å²) in [6.07, 6.45) is 12.2. The topological polar surface area (TPSA) is 24.8 Å². The Morgan fingerprint density at radius 3 is 2.09 bits per heavy atom. The number of benzene rings is 5. The molecule has 7 rings (SSSR count). The Hall–Kier alpha value is -5.93. The fraction of sp³-hybridized carbons (Fsp3) is 0.0465. The monoisotopic (exact) mass is 594 g/mol. The van der Waals surface area contributed by atoms with E-state index in [1.165, 1.54) is 0 Å². The molecule has 0 saturated heterocycles. The first-order valence-corrected chi connectivity index (χ1v) is 15.5. The summed E-state index contributed by atoms with van der Waals surface area (Å²) in [4.78, 5) is 7.31. The van der Waals surface area contributed by atoms with Gasteiger partial charge in [0.15, 0.2) is 0 Å². The first kappa shape index (κ1) is 28.8. The SMILES string of the molecule is C=C1C(=C)C2=CC=CN(c3ccc(C(N=C(C)c4ccccc4)c4ccccc4)cc3)C=CC=C1Oc1ccc3ccccc3c12. The second kappa shape index (κ2) is 12.6. The number of rotatable bonds is 5. The predicted octanol–water partition coefficient (Wildman–Crippen LogP) is 10.8. The van der Waals surface area contributed by atoms with Gasteiger partial charge in [-0.3, -0.25) is 4.99 Å². The van der Waals surface area contributed by atoms with E-state index in [-0.39, 0.29) is 6.04 Å². The number of nitrogens with zero attached hydrogens (tertiary/aromatic N) is 2. The Labute approximate surface area is 270 Å². The van der Waals surface area contributed by atoms with Crippen molar-refractivity contribution in [1.82, 2.24) is 0 Å². The quantitative estimate of drug-likeness (QED) is 0.189. The van der Waals surface area contributed by atoms with Crippen molar-refractivity contribution >= 4 is 27.7 Å². The maximum absolute atomic E-state index is 6.49. The Balaban J connectivity index is 1.26. The number of hydrogen-bond donors (Lipinski definition) is 0. The van der Waals surface area contributed by atoms with Crippen LogP contribution in [0.5, 0.6) is 5.75 Å². The van der Waals surface area contributed by atoms with Crippen LogP contribution in [0.3, 0.4) is 0 Å². The van der Waals surface area contributed by atoms with Crippen LogP contribution in [0.4, 0.5) is 5.69 Å². The Bertz CT molecular complexity index is 2100. The maximum atomic E-state index is 6.49. The third kappa shape index (κ3) is 5.67. The fourth-order valence-electron chi connectivity index (χ4n) is 6.01. The van der Waals surface area contributed by atoms with E-state index < -0.39 is 0 Å². The summed E-state index contributed by atoms with van der Waals surface area (Å²) in [6.45, 7) is 10.9. The molecule has 0 fully saturated rings. The molecule has 5 aromatic carbocycles. The first-order valence-electron chi connectivity index (χ1n) is 15.5. The average Bonchev–Trinajstić information content (AvgIpc) is 3.21. The maximum Gasteiger partial charge on any atom is 0.135 e. The lowest BCUT2D eigenvalue weighted by Gasteiger charge is -2.19. The molecule has 0 N–H and O–H groups in total. The summed E-state index contributed by atoms with van der Waals surface area (Å²) in [5, 5.41) is 2.27. The molecular formula is C43H34N2O. The molecule has 0 radical (unpaired) electrons. The van der Waals surface area contributed by atoms with E-state index in [9.17, 15) is 0 Å².